The summed E-state index contributed by atoms with van der Waals surface area (Å²) in [5.74, 6) is 0.321. The lowest BCUT2D eigenvalue weighted by atomic mass is 10.1. The molecule has 0 aliphatic rings. The lowest BCUT2D eigenvalue weighted by molar-refractivity contribution is -0.116. The minimum absolute atomic E-state index is 0.0980. The molecule has 0 spiro atoms. The van der Waals surface area contributed by atoms with Crippen LogP contribution >= 0.6 is 0 Å². The molecule has 0 aliphatic carbocycles. The summed E-state index contributed by atoms with van der Waals surface area (Å²) in [6.45, 7) is 5.93. The minimum atomic E-state index is -0.508. The summed E-state index contributed by atoms with van der Waals surface area (Å²) in [5, 5.41) is 5.45. The molecule has 2 amide bonds. The van der Waals surface area contributed by atoms with Crippen molar-refractivity contribution >= 4 is 17.7 Å². The third-order valence-electron chi connectivity index (χ3n) is 2.29. The Bertz CT molecular complexity index is 490. The maximum absolute atomic E-state index is 11.6. The number of hydrogen-bond acceptors (Lipinski definition) is 4. The van der Waals surface area contributed by atoms with Gasteiger partial charge in [0.25, 0.3) is 0 Å². The number of hydrogen-bond donors (Lipinski definition) is 2. The van der Waals surface area contributed by atoms with Crippen LogP contribution in [-0.4, -0.2) is 43.1 Å². The number of benzene rings is 1. The Morgan fingerprint density at radius 3 is 2.19 bits per heavy atom. The second-order valence-corrected chi connectivity index (χ2v) is 6.07. The highest BCUT2D eigenvalue weighted by Gasteiger charge is 2.15. The summed E-state index contributed by atoms with van der Waals surface area (Å²) in [5.41, 5.74) is 0.308. The molecule has 116 valence electrons. The largest absolute Gasteiger partial charge is 0.413 e. The number of carbonyl (C=O) groups excluding carboxylic acids is 2. The summed E-state index contributed by atoms with van der Waals surface area (Å²) in [4.78, 5) is 25.0. The van der Waals surface area contributed by atoms with Crippen molar-refractivity contribution in [1.29, 1.82) is 0 Å². The Hall–Kier alpha value is -2.08. The quantitative estimate of drug-likeness (QED) is 0.891. The Balaban J connectivity index is 2.54. The van der Waals surface area contributed by atoms with Gasteiger partial charge >= 0.3 is 6.09 Å². The van der Waals surface area contributed by atoms with Gasteiger partial charge in [-0.1, -0.05) is 0 Å². The third-order valence-corrected chi connectivity index (χ3v) is 2.29. The van der Waals surface area contributed by atoms with E-state index in [1.807, 2.05) is 34.9 Å². The zero-order chi connectivity index (χ0) is 16.0. The van der Waals surface area contributed by atoms with Gasteiger partial charge in [0, 0.05) is 11.2 Å². The monoisotopic (exact) mass is 293 g/mol. The molecule has 6 heteroatoms. The van der Waals surface area contributed by atoms with Crippen molar-refractivity contribution in [3.8, 4) is 5.75 Å². The topological polar surface area (TPSA) is 70.7 Å². The predicted octanol–water partition coefficient (Wildman–Crippen LogP) is 2.07. The first-order valence-electron chi connectivity index (χ1n) is 6.70. The fraction of sp³-hybridized carbons (Fsp3) is 0.467. The fourth-order valence-electron chi connectivity index (χ4n) is 1.53. The fourth-order valence-corrected chi connectivity index (χ4v) is 1.53. The van der Waals surface area contributed by atoms with E-state index in [0.29, 0.717) is 18.0 Å². The summed E-state index contributed by atoms with van der Waals surface area (Å²) in [6.07, 6.45) is -0.508. The maximum Gasteiger partial charge on any atom is 0.413 e. The minimum Gasteiger partial charge on any atom is -0.410 e. The van der Waals surface area contributed by atoms with E-state index in [4.69, 9.17) is 4.74 Å². The number of carbonyl (C=O) groups is 2. The standard InChI is InChI=1S/C15H23N3O3/c1-15(2,3)17-14(20)21-12-8-6-11(7-9-12)16-13(19)10-18(4)5/h6-9H,10H2,1-5H3,(H,16,19)(H,17,20). The molecule has 2 N–H and O–H groups in total. The van der Waals surface area contributed by atoms with Crippen LogP contribution in [0.1, 0.15) is 20.8 Å². The first-order chi connectivity index (χ1) is 9.65. The Morgan fingerprint density at radius 1 is 1.14 bits per heavy atom. The van der Waals surface area contributed by atoms with Crippen LogP contribution < -0.4 is 15.4 Å². The second kappa shape index (κ2) is 7.08. The molecule has 0 saturated heterocycles. The average Bonchev–Trinajstić information content (AvgIpc) is 2.27. The number of anilines is 1. The first kappa shape index (κ1) is 17.0. The zero-order valence-corrected chi connectivity index (χ0v) is 13.2. The van der Waals surface area contributed by atoms with Gasteiger partial charge in [0.15, 0.2) is 0 Å². The van der Waals surface area contributed by atoms with Crippen molar-refractivity contribution in [2.75, 3.05) is 26.0 Å². The molecule has 0 radical (unpaired) electrons. The van der Waals surface area contributed by atoms with Crippen LogP contribution in [0.5, 0.6) is 5.75 Å². The normalized spacial score (nSPS) is 11.1. The number of nitrogens with zero attached hydrogens (tertiary/aromatic N) is 1. The van der Waals surface area contributed by atoms with Crippen LogP contribution in [0.4, 0.5) is 10.5 Å². The SMILES string of the molecule is CN(C)CC(=O)Nc1ccc(OC(=O)NC(C)(C)C)cc1. The molecule has 6 nitrogen and oxygen atoms in total. The van der Waals surface area contributed by atoms with Crippen LogP contribution in [0.15, 0.2) is 24.3 Å². The number of ether oxygens (including phenoxy) is 1. The highest BCUT2D eigenvalue weighted by atomic mass is 16.6. The van der Waals surface area contributed by atoms with Gasteiger partial charge in [-0.05, 0) is 59.1 Å². The van der Waals surface area contributed by atoms with Crippen molar-refractivity contribution < 1.29 is 14.3 Å². The summed E-state index contributed by atoms with van der Waals surface area (Å²) < 4.78 is 5.14. The number of rotatable bonds is 4. The molecule has 0 fully saturated rings. The number of likely N-dealkylation sites (N-methyl/N-ethyl adjacent to an activating group) is 1. The van der Waals surface area contributed by atoms with Crippen LogP contribution in [0, 0.1) is 0 Å². The molecule has 1 aromatic rings. The molecule has 0 saturated carbocycles. The summed E-state index contributed by atoms with van der Waals surface area (Å²) in [6, 6.07) is 6.64. The van der Waals surface area contributed by atoms with E-state index < -0.39 is 6.09 Å². The molecular weight excluding hydrogens is 270 g/mol. The second-order valence-electron chi connectivity index (χ2n) is 6.07. The van der Waals surface area contributed by atoms with E-state index >= 15 is 0 Å². The van der Waals surface area contributed by atoms with Crippen molar-refractivity contribution in [2.24, 2.45) is 0 Å². The highest BCUT2D eigenvalue weighted by Crippen LogP contribution is 2.16. The smallest absolute Gasteiger partial charge is 0.410 e. The van der Waals surface area contributed by atoms with Crippen LogP contribution in [0.2, 0.25) is 0 Å². The van der Waals surface area contributed by atoms with E-state index in [2.05, 4.69) is 10.6 Å². The van der Waals surface area contributed by atoms with Crippen LogP contribution in [0.3, 0.4) is 0 Å². The van der Waals surface area contributed by atoms with Gasteiger partial charge in [-0.3, -0.25) is 4.79 Å². The zero-order valence-electron chi connectivity index (χ0n) is 13.2. The molecule has 0 atom stereocenters. The molecule has 0 bridgehead atoms. The number of amides is 2. The van der Waals surface area contributed by atoms with Crippen molar-refractivity contribution in [1.82, 2.24) is 10.2 Å². The maximum atomic E-state index is 11.6. The van der Waals surface area contributed by atoms with E-state index in [0.717, 1.165) is 0 Å². The van der Waals surface area contributed by atoms with Gasteiger partial charge in [-0.2, -0.15) is 0 Å². The highest BCUT2D eigenvalue weighted by molar-refractivity contribution is 5.92. The molecular formula is C15H23N3O3. The van der Waals surface area contributed by atoms with E-state index in [1.54, 1.807) is 29.2 Å². The van der Waals surface area contributed by atoms with Crippen LogP contribution in [0.25, 0.3) is 0 Å². The van der Waals surface area contributed by atoms with Gasteiger partial charge in [-0.25, -0.2) is 4.79 Å². The lowest BCUT2D eigenvalue weighted by Gasteiger charge is -2.19. The van der Waals surface area contributed by atoms with Crippen molar-refractivity contribution in [3.63, 3.8) is 0 Å². The van der Waals surface area contributed by atoms with Crippen LogP contribution in [-0.2, 0) is 4.79 Å². The first-order valence-corrected chi connectivity index (χ1v) is 6.70. The van der Waals surface area contributed by atoms with Gasteiger partial charge in [0.2, 0.25) is 5.91 Å². The average molecular weight is 293 g/mol. The Kier molecular flexibility index (Phi) is 5.72. The van der Waals surface area contributed by atoms with Gasteiger partial charge in [-0.15, -0.1) is 0 Å². The van der Waals surface area contributed by atoms with E-state index in [1.165, 1.54) is 0 Å². The molecule has 0 aromatic heterocycles. The van der Waals surface area contributed by atoms with Crippen molar-refractivity contribution in [2.45, 2.75) is 26.3 Å². The van der Waals surface area contributed by atoms with E-state index in [-0.39, 0.29) is 11.4 Å². The number of nitrogens with one attached hydrogen (secondary N) is 2. The van der Waals surface area contributed by atoms with Gasteiger partial charge in [0.05, 0.1) is 6.54 Å². The molecule has 0 heterocycles. The lowest BCUT2D eigenvalue weighted by Crippen LogP contribution is -2.42. The Labute approximate surface area is 125 Å². The molecule has 21 heavy (non-hydrogen) atoms. The molecule has 0 unspecified atom stereocenters. The molecule has 1 rings (SSSR count). The van der Waals surface area contributed by atoms with Gasteiger partial charge in [0.1, 0.15) is 5.75 Å². The third kappa shape index (κ3) is 7.31. The molecule has 0 aliphatic heterocycles. The summed E-state index contributed by atoms with van der Waals surface area (Å²) >= 11 is 0. The van der Waals surface area contributed by atoms with Crippen molar-refractivity contribution in [3.05, 3.63) is 24.3 Å². The predicted molar refractivity (Wildman–Crippen MR) is 82.5 cm³/mol. The van der Waals surface area contributed by atoms with E-state index in [9.17, 15) is 9.59 Å². The Morgan fingerprint density at radius 2 is 1.71 bits per heavy atom. The van der Waals surface area contributed by atoms with Gasteiger partial charge < -0.3 is 20.3 Å². The summed E-state index contributed by atoms with van der Waals surface area (Å²) in [7, 11) is 3.65. The molecule has 1 aromatic carbocycles.